The van der Waals surface area contributed by atoms with Gasteiger partial charge in [0.25, 0.3) is 11.5 Å². The van der Waals surface area contributed by atoms with Crippen LogP contribution in [0.15, 0.2) is 17.1 Å². The van der Waals surface area contributed by atoms with Crippen LogP contribution in [0.25, 0.3) is 5.65 Å². The smallest absolute Gasteiger partial charge is 0.272 e. The van der Waals surface area contributed by atoms with E-state index in [-0.39, 0.29) is 11.5 Å². The van der Waals surface area contributed by atoms with Crippen LogP contribution >= 0.6 is 0 Å². The van der Waals surface area contributed by atoms with E-state index >= 15 is 0 Å². The minimum Gasteiger partial charge on any atom is -0.351 e. The van der Waals surface area contributed by atoms with E-state index in [1.165, 1.54) is 16.8 Å². The second-order valence-corrected chi connectivity index (χ2v) is 4.64. The van der Waals surface area contributed by atoms with Gasteiger partial charge in [0, 0.05) is 31.0 Å². The van der Waals surface area contributed by atoms with Gasteiger partial charge in [0.1, 0.15) is 5.56 Å². The van der Waals surface area contributed by atoms with Gasteiger partial charge in [0.2, 0.25) is 0 Å². The summed E-state index contributed by atoms with van der Waals surface area (Å²) in [6.45, 7) is 3.02. The van der Waals surface area contributed by atoms with Gasteiger partial charge in [0.05, 0.1) is 0 Å². The van der Waals surface area contributed by atoms with E-state index in [0.717, 1.165) is 6.54 Å². The number of aromatic nitrogens is 3. The Hall–Kier alpha value is -2.15. The fourth-order valence-electron chi connectivity index (χ4n) is 1.75. The molecule has 2 heterocycles. The van der Waals surface area contributed by atoms with E-state index in [4.69, 9.17) is 0 Å². The number of amides is 1. The molecule has 0 aliphatic carbocycles. The van der Waals surface area contributed by atoms with Gasteiger partial charge in [-0.2, -0.15) is 0 Å². The van der Waals surface area contributed by atoms with Crippen molar-refractivity contribution in [2.45, 2.75) is 6.92 Å². The number of nitrogens with zero attached hydrogens (tertiary/aromatic N) is 3. The summed E-state index contributed by atoms with van der Waals surface area (Å²) in [4.78, 5) is 29.9. The number of fused-ring (bicyclic) bond motifs is 1. The summed E-state index contributed by atoms with van der Waals surface area (Å²) in [7, 11) is 3.87. The van der Waals surface area contributed by atoms with Crippen molar-refractivity contribution in [2.75, 3.05) is 27.2 Å². The number of rotatable bonds is 4. The summed E-state index contributed by atoms with van der Waals surface area (Å²) in [5, 5.41) is 5.53. The van der Waals surface area contributed by atoms with Crippen molar-refractivity contribution in [2.24, 2.45) is 0 Å². The standard InChI is InChI=1S/C12H17N5O2/c1-8-6-10(18)17-11(15-8)9(7-14-17)12(19)13-4-5-16(2)3/h6-7,14H,4-5H2,1-3H3,(H,13,19). The molecule has 2 rings (SSSR count). The first-order chi connectivity index (χ1) is 8.99. The largest absolute Gasteiger partial charge is 0.351 e. The van der Waals surface area contributed by atoms with E-state index in [9.17, 15) is 9.59 Å². The maximum Gasteiger partial charge on any atom is 0.272 e. The topological polar surface area (TPSA) is 82.5 Å². The molecule has 0 radical (unpaired) electrons. The molecule has 7 nitrogen and oxygen atoms in total. The van der Waals surface area contributed by atoms with Crippen molar-refractivity contribution in [3.8, 4) is 0 Å². The summed E-state index contributed by atoms with van der Waals surface area (Å²) in [6, 6.07) is 1.41. The van der Waals surface area contributed by atoms with Gasteiger partial charge >= 0.3 is 0 Å². The molecule has 1 amide bonds. The average molecular weight is 263 g/mol. The average Bonchev–Trinajstić information content (AvgIpc) is 2.72. The van der Waals surface area contributed by atoms with Crippen LogP contribution in [0.5, 0.6) is 0 Å². The van der Waals surface area contributed by atoms with Gasteiger partial charge in [-0.1, -0.05) is 0 Å². The Kier molecular flexibility index (Phi) is 3.66. The molecule has 2 aromatic heterocycles. The van der Waals surface area contributed by atoms with E-state index in [0.29, 0.717) is 23.4 Å². The molecular weight excluding hydrogens is 246 g/mol. The Morgan fingerprint density at radius 3 is 2.95 bits per heavy atom. The number of carbonyl (C=O) groups excluding carboxylic acids is 1. The van der Waals surface area contributed by atoms with Gasteiger partial charge in [-0.05, 0) is 21.0 Å². The molecule has 0 saturated carbocycles. The van der Waals surface area contributed by atoms with Gasteiger partial charge in [-0.15, -0.1) is 0 Å². The molecule has 7 heteroatoms. The molecule has 0 aliphatic rings. The Balaban J connectivity index is 2.25. The fourth-order valence-corrected chi connectivity index (χ4v) is 1.75. The highest BCUT2D eigenvalue weighted by atomic mass is 16.2. The highest BCUT2D eigenvalue weighted by Crippen LogP contribution is 2.06. The number of aryl methyl sites for hydroxylation is 1. The van der Waals surface area contributed by atoms with Crippen LogP contribution in [-0.4, -0.2) is 52.6 Å². The summed E-state index contributed by atoms with van der Waals surface area (Å²) in [5.41, 5.74) is 1.09. The van der Waals surface area contributed by atoms with Crippen LogP contribution in [0, 0.1) is 6.92 Å². The van der Waals surface area contributed by atoms with Gasteiger partial charge in [-0.3, -0.25) is 14.7 Å². The molecule has 2 N–H and O–H groups in total. The molecule has 0 bridgehead atoms. The molecule has 0 aliphatic heterocycles. The number of hydrogen-bond acceptors (Lipinski definition) is 4. The fraction of sp³-hybridized carbons (Fsp3) is 0.417. The van der Waals surface area contributed by atoms with Crippen LogP contribution < -0.4 is 10.9 Å². The predicted molar refractivity (Wildman–Crippen MR) is 71.4 cm³/mol. The first kappa shape index (κ1) is 13.3. The molecule has 0 spiro atoms. The molecule has 102 valence electrons. The Morgan fingerprint density at radius 2 is 2.26 bits per heavy atom. The maximum absolute atomic E-state index is 12.0. The van der Waals surface area contributed by atoms with E-state index in [1.54, 1.807) is 6.92 Å². The minimum atomic E-state index is -0.238. The first-order valence-electron chi connectivity index (χ1n) is 6.00. The summed E-state index contributed by atoms with van der Waals surface area (Å²) in [6.07, 6.45) is 1.49. The van der Waals surface area contributed by atoms with Crippen LogP contribution in [0.2, 0.25) is 0 Å². The van der Waals surface area contributed by atoms with Gasteiger partial charge in [-0.25, -0.2) is 9.50 Å². The SMILES string of the molecule is Cc1cc(=O)n2[nH]cc(C(=O)NCCN(C)C)c2n1. The molecule has 19 heavy (non-hydrogen) atoms. The number of H-pyrrole nitrogens is 1. The van der Waals surface area contributed by atoms with Crippen molar-refractivity contribution >= 4 is 11.6 Å². The van der Waals surface area contributed by atoms with Crippen LogP contribution in [0.4, 0.5) is 0 Å². The van der Waals surface area contributed by atoms with Gasteiger partial charge in [0.15, 0.2) is 5.65 Å². The molecule has 2 aromatic rings. The highest BCUT2D eigenvalue weighted by molar-refractivity contribution is 5.99. The Bertz CT molecular complexity index is 656. The van der Waals surface area contributed by atoms with Crippen LogP contribution in [0.1, 0.15) is 16.1 Å². The lowest BCUT2D eigenvalue weighted by Gasteiger charge is -2.09. The first-order valence-corrected chi connectivity index (χ1v) is 6.00. The second kappa shape index (κ2) is 5.23. The second-order valence-electron chi connectivity index (χ2n) is 4.64. The van der Waals surface area contributed by atoms with Crippen LogP contribution in [0.3, 0.4) is 0 Å². The number of nitrogens with one attached hydrogen (secondary N) is 2. The zero-order chi connectivity index (χ0) is 14.0. The zero-order valence-electron chi connectivity index (χ0n) is 11.2. The van der Waals surface area contributed by atoms with Gasteiger partial charge < -0.3 is 10.2 Å². The molecule has 0 atom stereocenters. The summed E-state index contributed by atoms with van der Waals surface area (Å²) >= 11 is 0. The summed E-state index contributed by atoms with van der Waals surface area (Å²) < 4.78 is 1.26. The zero-order valence-corrected chi connectivity index (χ0v) is 11.2. The van der Waals surface area contributed by atoms with E-state index in [1.807, 2.05) is 19.0 Å². The Labute approximate surface area is 110 Å². The lowest BCUT2D eigenvalue weighted by molar-refractivity contribution is 0.0952. The third kappa shape index (κ3) is 2.82. The lowest BCUT2D eigenvalue weighted by atomic mass is 10.3. The number of likely N-dealkylation sites (N-methyl/N-ethyl adjacent to an activating group) is 1. The minimum absolute atomic E-state index is 0.227. The third-order valence-electron chi connectivity index (χ3n) is 2.71. The molecule has 0 saturated heterocycles. The van der Waals surface area contributed by atoms with Crippen molar-refractivity contribution < 1.29 is 4.79 Å². The molecular formula is C12H17N5O2. The number of aromatic amines is 1. The van der Waals surface area contributed by atoms with E-state index < -0.39 is 0 Å². The normalized spacial score (nSPS) is 11.2. The van der Waals surface area contributed by atoms with Crippen LogP contribution in [-0.2, 0) is 0 Å². The lowest BCUT2D eigenvalue weighted by Crippen LogP contribution is -2.31. The van der Waals surface area contributed by atoms with Crippen molar-refractivity contribution in [3.63, 3.8) is 0 Å². The number of hydrogen-bond donors (Lipinski definition) is 2. The highest BCUT2D eigenvalue weighted by Gasteiger charge is 2.14. The predicted octanol–water partition coefficient (Wildman–Crippen LogP) is -0.378. The van der Waals surface area contributed by atoms with Crippen molar-refractivity contribution in [1.29, 1.82) is 0 Å². The third-order valence-corrected chi connectivity index (χ3v) is 2.71. The molecule has 0 fully saturated rings. The number of carbonyl (C=O) groups is 1. The summed E-state index contributed by atoms with van der Waals surface area (Å²) in [5.74, 6) is -0.238. The maximum atomic E-state index is 12.0. The van der Waals surface area contributed by atoms with E-state index in [2.05, 4.69) is 15.4 Å². The monoisotopic (exact) mass is 263 g/mol. The quantitative estimate of drug-likeness (QED) is 0.788. The van der Waals surface area contributed by atoms with Crippen molar-refractivity contribution in [3.05, 3.63) is 33.9 Å². The molecule has 0 unspecified atom stereocenters. The molecule has 0 aromatic carbocycles. The van der Waals surface area contributed by atoms with Crippen molar-refractivity contribution in [1.82, 2.24) is 24.8 Å². The Morgan fingerprint density at radius 1 is 1.53 bits per heavy atom.